The van der Waals surface area contributed by atoms with Gasteiger partial charge in [0.1, 0.15) is 0 Å². The third-order valence-electron chi connectivity index (χ3n) is 7.30. The molecule has 0 aromatic heterocycles. The molecule has 2 aliphatic carbocycles. The van der Waals surface area contributed by atoms with E-state index in [1.54, 1.807) is 12.4 Å². The third-order valence-corrected chi connectivity index (χ3v) is 7.30. The van der Waals surface area contributed by atoms with Gasteiger partial charge in [0.15, 0.2) is 0 Å². The largest absolute Gasteiger partial charge is 2.00 e. The number of benzene rings is 1. The van der Waals surface area contributed by atoms with Crippen LogP contribution in [0.5, 0.6) is 0 Å². The Morgan fingerprint density at radius 3 is 1.42 bits per heavy atom. The summed E-state index contributed by atoms with van der Waals surface area (Å²) in [5, 5.41) is 25.9. The van der Waals surface area contributed by atoms with E-state index < -0.39 is 0 Å². The molecule has 0 N–H and O–H groups in total. The molecule has 0 fully saturated rings. The average Bonchev–Trinajstić information content (AvgIpc) is 2.73. The zero-order valence-corrected chi connectivity index (χ0v) is 22.0. The van der Waals surface area contributed by atoms with Gasteiger partial charge in [0.2, 0.25) is 0 Å². The maximum Gasteiger partial charge on any atom is 2.00 e. The maximum absolute atomic E-state index is 13.0. The molecule has 0 aliphatic heterocycles. The monoisotopic (exact) mass is 489 g/mol. The van der Waals surface area contributed by atoms with E-state index in [0.29, 0.717) is 11.8 Å². The Bertz CT molecular complexity index is 855. The van der Waals surface area contributed by atoms with Crippen molar-refractivity contribution in [2.75, 3.05) is 0 Å². The molecule has 1 aromatic carbocycles. The van der Waals surface area contributed by atoms with Crippen LogP contribution in [0.15, 0.2) is 56.9 Å². The van der Waals surface area contributed by atoms with E-state index in [1.165, 1.54) is 0 Å². The first-order valence-electron chi connectivity index (χ1n) is 12.2. The molecule has 0 amide bonds. The zero-order valence-electron chi connectivity index (χ0n) is 20.8. The number of nitrogens with zero attached hydrogens (tertiary/aromatic N) is 2. The number of hydrogen-bond acceptors (Lipinski definition) is 4. The second kappa shape index (κ2) is 12.0. The molecule has 0 saturated carbocycles. The molecule has 179 valence electrons. The van der Waals surface area contributed by atoms with Crippen molar-refractivity contribution in [3.05, 3.63) is 46.9 Å². The molecule has 0 heterocycles. The van der Waals surface area contributed by atoms with Crippen molar-refractivity contribution >= 4 is 23.8 Å². The van der Waals surface area contributed by atoms with Crippen molar-refractivity contribution in [3.8, 4) is 0 Å². The summed E-state index contributed by atoms with van der Waals surface area (Å²) < 4.78 is 0. The summed E-state index contributed by atoms with van der Waals surface area (Å²) in [6.45, 7) is 12.7. The summed E-state index contributed by atoms with van der Waals surface area (Å²) in [4.78, 5) is 9.36. The minimum atomic E-state index is 0. The Morgan fingerprint density at radius 2 is 1.09 bits per heavy atom. The van der Waals surface area contributed by atoms with Crippen LogP contribution in [0.2, 0.25) is 0 Å². The van der Waals surface area contributed by atoms with Crippen molar-refractivity contribution in [1.29, 1.82) is 0 Å². The van der Waals surface area contributed by atoms with E-state index in [4.69, 9.17) is 0 Å². The van der Waals surface area contributed by atoms with Gasteiger partial charge in [-0.15, -0.1) is 11.5 Å². The van der Waals surface area contributed by atoms with Crippen molar-refractivity contribution < 1.29 is 27.3 Å². The second-order valence-electron chi connectivity index (χ2n) is 10.3. The van der Waals surface area contributed by atoms with Gasteiger partial charge in [-0.3, -0.25) is 9.98 Å². The summed E-state index contributed by atoms with van der Waals surface area (Å²) in [5.74, 6) is 1.78. The van der Waals surface area contributed by atoms with Crippen LogP contribution in [-0.4, -0.2) is 12.4 Å². The molecular formula is C28H38MnN2O2. The summed E-state index contributed by atoms with van der Waals surface area (Å²) in [5.41, 5.74) is 3.08. The van der Waals surface area contributed by atoms with Gasteiger partial charge < -0.3 is 10.2 Å². The molecule has 1 radical (unpaired) electrons. The average molecular weight is 490 g/mol. The van der Waals surface area contributed by atoms with Gasteiger partial charge in [-0.25, -0.2) is 0 Å². The van der Waals surface area contributed by atoms with Crippen molar-refractivity contribution in [3.63, 3.8) is 0 Å². The topological polar surface area (TPSA) is 70.8 Å². The normalized spacial score (nSPS) is 26.7. The van der Waals surface area contributed by atoms with Gasteiger partial charge in [0, 0.05) is 12.4 Å². The van der Waals surface area contributed by atoms with Gasteiger partial charge in [0.05, 0.1) is 11.4 Å². The standard InChI is InChI=1S/C28H40N2O2.Mn/c1-17(2)21-13-11-19(5)23(27(21)31)15-29-25-9-7-8-10-26(25)30-16-24-20(6)12-14-22(18(3)4)28(24)32;/h7-10,15-22,31-32H,11-14H2,1-6H3;/q;+2/p-2. The quantitative estimate of drug-likeness (QED) is 0.379. The molecular weight excluding hydrogens is 451 g/mol. The van der Waals surface area contributed by atoms with E-state index in [9.17, 15) is 10.2 Å². The molecule has 4 unspecified atom stereocenters. The Morgan fingerprint density at radius 1 is 0.727 bits per heavy atom. The number of hydrogen-bond donors (Lipinski definition) is 0. The molecule has 2 aliphatic rings. The van der Waals surface area contributed by atoms with E-state index in [0.717, 1.165) is 48.2 Å². The van der Waals surface area contributed by atoms with Crippen molar-refractivity contribution in [1.82, 2.24) is 0 Å². The van der Waals surface area contributed by atoms with E-state index in [1.807, 2.05) is 24.3 Å². The van der Waals surface area contributed by atoms with Gasteiger partial charge >= 0.3 is 17.1 Å². The second-order valence-corrected chi connectivity index (χ2v) is 10.3. The fourth-order valence-corrected chi connectivity index (χ4v) is 4.96. The van der Waals surface area contributed by atoms with Crippen LogP contribution in [-0.2, 0) is 17.1 Å². The minimum absolute atomic E-state index is 0. The van der Waals surface area contributed by atoms with Crippen LogP contribution in [0.3, 0.4) is 0 Å². The van der Waals surface area contributed by atoms with Crippen LogP contribution < -0.4 is 10.2 Å². The molecule has 1 aromatic rings. The SMILES string of the molecule is CC1CCC(C(C)C)C([O-])=C1C=Nc1ccccc1N=CC1=C([O-])C(C(C)C)CCC1C.[Mn+2]. The Hall–Kier alpha value is -1.84. The predicted molar refractivity (Wildman–Crippen MR) is 130 cm³/mol. The third kappa shape index (κ3) is 6.39. The van der Waals surface area contributed by atoms with Gasteiger partial charge in [-0.1, -0.05) is 53.7 Å². The van der Waals surface area contributed by atoms with E-state index >= 15 is 0 Å². The number of allylic oxidation sites excluding steroid dienone is 4. The van der Waals surface area contributed by atoms with Gasteiger partial charge in [-0.05, 0) is 84.5 Å². The summed E-state index contributed by atoms with van der Waals surface area (Å²) in [6.07, 6.45) is 7.46. The Kier molecular flexibility index (Phi) is 9.99. The molecule has 3 rings (SSSR count). The van der Waals surface area contributed by atoms with Crippen LogP contribution in [0.1, 0.15) is 67.2 Å². The predicted octanol–water partition coefficient (Wildman–Crippen LogP) is 5.72. The first kappa shape index (κ1) is 27.4. The van der Waals surface area contributed by atoms with Crippen molar-refractivity contribution in [2.45, 2.75) is 67.2 Å². The van der Waals surface area contributed by atoms with E-state index in [2.05, 4.69) is 51.5 Å². The molecule has 5 heteroatoms. The molecule has 0 spiro atoms. The molecule has 4 nitrogen and oxygen atoms in total. The first-order chi connectivity index (χ1) is 15.2. The summed E-state index contributed by atoms with van der Waals surface area (Å²) in [6, 6.07) is 7.68. The van der Waals surface area contributed by atoms with Crippen LogP contribution in [0, 0.1) is 35.5 Å². The van der Waals surface area contributed by atoms with Crippen molar-refractivity contribution in [2.24, 2.45) is 45.5 Å². The fraction of sp³-hybridized carbons (Fsp3) is 0.571. The zero-order chi connectivity index (χ0) is 23.4. The fourth-order valence-electron chi connectivity index (χ4n) is 4.96. The van der Waals surface area contributed by atoms with Crippen LogP contribution in [0.25, 0.3) is 0 Å². The molecule has 0 bridgehead atoms. The molecule has 33 heavy (non-hydrogen) atoms. The maximum atomic E-state index is 13.0. The summed E-state index contributed by atoms with van der Waals surface area (Å²) >= 11 is 0. The van der Waals surface area contributed by atoms with Crippen LogP contribution >= 0.6 is 0 Å². The molecule has 4 atom stereocenters. The number of para-hydroxylation sites is 2. The van der Waals surface area contributed by atoms with Crippen LogP contribution in [0.4, 0.5) is 11.4 Å². The smallest absolute Gasteiger partial charge is 0.875 e. The Balaban J connectivity index is 0.00000385. The summed E-state index contributed by atoms with van der Waals surface area (Å²) in [7, 11) is 0. The van der Waals surface area contributed by atoms with Gasteiger partial charge in [0.25, 0.3) is 0 Å². The van der Waals surface area contributed by atoms with Gasteiger partial charge in [-0.2, -0.15) is 0 Å². The number of aliphatic imine (C=N–C) groups is 2. The first-order valence-corrected chi connectivity index (χ1v) is 12.2. The Labute approximate surface area is 210 Å². The molecule has 0 saturated heterocycles. The number of rotatable bonds is 6. The minimum Gasteiger partial charge on any atom is -0.875 e. The van der Waals surface area contributed by atoms with E-state index in [-0.39, 0.29) is 52.3 Å².